The molecule has 0 radical (unpaired) electrons. The third-order valence-electron chi connectivity index (χ3n) is 3.12. The molecule has 0 atom stereocenters. The summed E-state index contributed by atoms with van der Waals surface area (Å²) in [5.74, 6) is 0.775. The molecule has 2 nitrogen and oxygen atoms in total. The molecule has 2 aromatic carbocycles. The van der Waals surface area contributed by atoms with E-state index in [2.05, 4.69) is 5.32 Å². The SMILES string of the molecule is CCOc1ccccc1CNCCc1ccccc1F.Cl. The Hall–Kier alpha value is -1.58. The molecule has 0 saturated carbocycles. The molecule has 0 unspecified atom stereocenters. The van der Waals surface area contributed by atoms with Gasteiger partial charge in [0.15, 0.2) is 0 Å². The van der Waals surface area contributed by atoms with Crippen LogP contribution in [-0.2, 0) is 13.0 Å². The summed E-state index contributed by atoms with van der Waals surface area (Å²) in [5, 5.41) is 3.33. The molecular formula is C17H21ClFNO. The Bertz CT molecular complexity index is 548. The standard InChI is InChI=1S/C17H20FNO.ClH/c1-2-20-17-10-6-4-8-15(17)13-19-12-11-14-7-3-5-9-16(14)18;/h3-10,19H,2,11-13H2,1H3;1H. The number of halogens is 2. The van der Waals surface area contributed by atoms with E-state index in [1.807, 2.05) is 43.3 Å². The molecule has 0 amide bonds. The van der Waals surface area contributed by atoms with Crippen molar-refractivity contribution in [1.29, 1.82) is 0 Å². The molecule has 0 aliphatic carbocycles. The van der Waals surface area contributed by atoms with Gasteiger partial charge in [0.2, 0.25) is 0 Å². The molecule has 114 valence electrons. The largest absolute Gasteiger partial charge is 0.494 e. The lowest BCUT2D eigenvalue weighted by Crippen LogP contribution is -2.17. The third-order valence-corrected chi connectivity index (χ3v) is 3.12. The van der Waals surface area contributed by atoms with Gasteiger partial charge in [-0.1, -0.05) is 36.4 Å². The van der Waals surface area contributed by atoms with E-state index >= 15 is 0 Å². The summed E-state index contributed by atoms with van der Waals surface area (Å²) in [7, 11) is 0. The molecule has 1 N–H and O–H groups in total. The highest BCUT2D eigenvalue weighted by molar-refractivity contribution is 5.85. The molecule has 2 aromatic rings. The van der Waals surface area contributed by atoms with Crippen molar-refractivity contribution >= 4 is 12.4 Å². The molecule has 4 heteroatoms. The van der Waals surface area contributed by atoms with Gasteiger partial charge >= 0.3 is 0 Å². The normalized spacial score (nSPS) is 10.0. The molecule has 0 spiro atoms. The van der Waals surface area contributed by atoms with Gasteiger partial charge in [-0.2, -0.15) is 0 Å². The molecule has 0 heterocycles. The van der Waals surface area contributed by atoms with Crippen LogP contribution in [0.25, 0.3) is 0 Å². The Morgan fingerprint density at radius 1 is 1.00 bits per heavy atom. The fraction of sp³-hybridized carbons (Fsp3) is 0.294. The molecule has 2 rings (SSSR count). The second kappa shape index (κ2) is 9.37. The predicted molar refractivity (Wildman–Crippen MR) is 86.7 cm³/mol. The van der Waals surface area contributed by atoms with E-state index in [0.717, 1.165) is 30.0 Å². The van der Waals surface area contributed by atoms with E-state index in [1.54, 1.807) is 6.07 Å². The minimum Gasteiger partial charge on any atom is -0.494 e. The van der Waals surface area contributed by atoms with Gasteiger partial charge in [-0.15, -0.1) is 12.4 Å². The maximum Gasteiger partial charge on any atom is 0.126 e. The van der Waals surface area contributed by atoms with Crippen LogP contribution in [0.4, 0.5) is 4.39 Å². The average molecular weight is 310 g/mol. The summed E-state index contributed by atoms with van der Waals surface area (Å²) in [6, 6.07) is 14.9. The number of rotatable bonds is 7. The monoisotopic (exact) mass is 309 g/mol. The van der Waals surface area contributed by atoms with E-state index in [1.165, 1.54) is 6.07 Å². The second-order valence-corrected chi connectivity index (χ2v) is 4.56. The van der Waals surface area contributed by atoms with Crippen molar-refractivity contribution in [2.45, 2.75) is 19.9 Å². The Morgan fingerprint density at radius 3 is 2.38 bits per heavy atom. The Morgan fingerprint density at radius 2 is 1.67 bits per heavy atom. The number of benzene rings is 2. The molecule has 0 aromatic heterocycles. The van der Waals surface area contributed by atoms with Crippen LogP contribution in [0.15, 0.2) is 48.5 Å². The minimum atomic E-state index is -0.135. The summed E-state index contributed by atoms with van der Waals surface area (Å²) >= 11 is 0. The summed E-state index contributed by atoms with van der Waals surface area (Å²) < 4.78 is 19.0. The van der Waals surface area contributed by atoms with E-state index in [-0.39, 0.29) is 18.2 Å². The lowest BCUT2D eigenvalue weighted by molar-refractivity contribution is 0.335. The van der Waals surface area contributed by atoms with Crippen LogP contribution in [-0.4, -0.2) is 13.2 Å². The van der Waals surface area contributed by atoms with Crippen LogP contribution in [0.1, 0.15) is 18.1 Å². The zero-order valence-corrected chi connectivity index (χ0v) is 13.0. The highest BCUT2D eigenvalue weighted by Crippen LogP contribution is 2.17. The molecule has 21 heavy (non-hydrogen) atoms. The van der Waals surface area contributed by atoms with Crippen LogP contribution >= 0.6 is 12.4 Å². The first kappa shape index (κ1) is 17.5. The van der Waals surface area contributed by atoms with Crippen LogP contribution in [0.5, 0.6) is 5.75 Å². The van der Waals surface area contributed by atoms with Crippen molar-refractivity contribution in [3.05, 3.63) is 65.5 Å². The lowest BCUT2D eigenvalue weighted by Gasteiger charge is -2.11. The van der Waals surface area contributed by atoms with Crippen molar-refractivity contribution in [2.24, 2.45) is 0 Å². The maximum absolute atomic E-state index is 13.5. The van der Waals surface area contributed by atoms with Crippen LogP contribution in [0.2, 0.25) is 0 Å². The van der Waals surface area contributed by atoms with E-state index < -0.39 is 0 Å². The highest BCUT2D eigenvalue weighted by Gasteiger charge is 2.03. The average Bonchev–Trinajstić information content (AvgIpc) is 2.47. The third kappa shape index (κ3) is 5.37. The zero-order chi connectivity index (χ0) is 14.2. The minimum absolute atomic E-state index is 0. The molecular weight excluding hydrogens is 289 g/mol. The van der Waals surface area contributed by atoms with Gasteiger partial charge in [0.25, 0.3) is 0 Å². The fourth-order valence-electron chi connectivity index (χ4n) is 2.09. The number of para-hydroxylation sites is 1. The number of ether oxygens (including phenoxy) is 1. The summed E-state index contributed by atoms with van der Waals surface area (Å²) in [6.07, 6.45) is 0.684. The number of nitrogens with one attached hydrogen (secondary N) is 1. The molecule has 0 aliphatic rings. The predicted octanol–water partition coefficient (Wildman–Crippen LogP) is 3.98. The first-order valence-electron chi connectivity index (χ1n) is 6.96. The van der Waals surface area contributed by atoms with Gasteiger partial charge in [0, 0.05) is 12.1 Å². The summed E-state index contributed by atoms with van der Waals surface area (Å²) in [5.41, 5.74) is 1.88. The van der Waals surface area contributed by atoms with Crippen molar-refractivity contribution in [3.63, 3.8) is 0 Å². The Kier molecular flexibility index (Phi) is 7.80. The quantitative estimate of drug-likeness (QED) is 0.781. The first-order chi connectivity index (χ1) is 9.81. The smallest absolute Gasteiger partial charge is 0.126 e. The first-order valence-corrected chi connectivity index (χ1v) is 6.96. The van der Waals surface area contributed by atoms with Crippen molar-refractivity contribution in [2.75, 3.05) is 13.2 Å². The van der Waals surface area contributed by atoms with Crippen LogP contribution < -0.4 is 10.1 Å². The Labute approximate surface area is 131 Å². The lowest BCUT2D eigenvalue weighted by atomic mass is 10.1. The van der Waals surface area contributed by atoms with Crippen molar-refractivity contribution < 1.29 is 9.13 Å². The molecule has 0 aliphatic heterocycles. The molecule has 0 bridgehead atoms. The highest BCUT2D eigenvalue weighted by atomic mass is 35.5. The van der Waals surface area contributed by atoms with Gasteiger partial charge in [0.05, 0.1) is 6.61 Å². The molecule has 0 saturated heterocycles. The van der Waals surface area contributed by atoms with E-state index in [4.69, 9.17) is 4.74 Å². The Balaban J connectivity index is 0.00000220. The maximum atomic E-state index is 13.5. The second-order valence-electron chi connectivity index (χ2n) is 4.56. The summed E-state index contributed by atoms with van der Waals surface area (Å²) in [4.78, 5) is 0. The van der Waals surface area contributed by atoms with Gasteiger partial charge < -0.3 is 10.1 Å². The topological polar surface area (TPSA) is 21.3 Å². The van der Waals surface area contributed by atoms with Crippen molar-refractivity contribution in [3.8, 4) is 5.75 Å². The van der Waals surface area contributed by atoms with Crippen LogP contribution in [0.3, 0.4) is 0 Å². The number of hydrogen-bond acceptors (Lipinski definition) is 2. The summed E-state index contributed by atoms with van der Waals surface area (Å²) in [6.45, 7) is 4.10. The van der Waals surface area contributed by atoms with Gasteiger partial charge in [-0.3, -0.25) is 0 Å². The van der Waals surface area contributed by atoms with Crippen molar-refractivity contribution in [1.82, 2.24) is 5.32 Å². The van der Waals surface area contributed by atoms with E-state index in [0.29, 0.717) is 13.0 Å². The number of hydrogen-bond donors (Lipinski definition) is 1. The van der Waals surface area contributed by atoms with Gasteiger partial charge in [-0.25, -0.2) is 4.39 Å². The van der Waals surface area contributed by atoms with Crippen LogP contribution in [0, 0.1) is 5.82 Å². The van der Waals surface area contributed by atoms with E-state index in [9.17, 15) is 4.39 Å². The molecule has 0 fully saturated rings. The zero-order valence-electron chi connectivity index (χ0n) is 12.1. The van der Waals surface area contributed by atoms with Gasteiger partial charge in [-0.05, 0) is 37.6 Å². The van der Waals surface area contributed by atoms with Gasteiger partial charge in [0.1, 0.15) is 11.6 Å². The fourth-order valence-corrected chi connectivity index (χ4v) is 2.09.